The normalized spacial score (nSPS) is 16.2. The van der Waals surface area contributed by atoms with Crippen LogP contribution in [0.1, 0.15) is 36.9 Å². The topological polar surface area (TPSA) is 53.1 Å². The molecule has 0 aromatic carbocycles. The molecule has 0 amide bonds. The van der Waals surface area contributed by atoms with E-state index in [-0.39, 0.29) is 0 Å². The molecular weight excluding hydrogens is 202 g/mol. The lowest BCUT2D eigenvalue weighted by Crippen LogP contribution is -2.15. The third kappa shape index (κ3) is 2.21. The highest BCUT2D eigenvalue weighted by molar-refractivity contribution is 5.30. The molecule has 0 spiro atoms. The first kappa shape index (κ1) is 11.5. The van der Waals surface area contributed by atoms with Gasteiger partial charge in [-0.05, 0) is 19.3 Å². The van der Waals surface area contributed by atoms with Crippen LogP contribution in [0.3, 0.4) is 0 Å². The summed E-state index contributed by atoms with van der Waals surface area (Å²) < 4.78 is 7.60. The highest BCUT2D eigenvalue weighted by atomic mass is 16.5. The highest BCUT2D eigenvalue weighted by Crippen LogP contribution is 2.29. The summed E-state index contributed by atoms with van der Waals surface area (Å²) in [7, 11) is 1.91. The Hall–Kier alpha value is -1.03. The molecule has 0 atom stereocenters. The molecule has 1 aliphatic carbocycles. The zero-order valence-electron chi connectivity index (χ0n) is 10.2. The fourth-order valence-corrected chi connectivity index (χ4v) is 2.20. The number of aromatic nitrogens is 2. The number of hydrogen-bond donors (Lipinski definition) is 1. The number of nitrogens with zero attached hydrogens (tertiary/aromatic N) is 2. The Balaban J connectivity index is 1.91. The molecule has 4 nitrogen and oxygen atoms in total. The van der Waals surface area contributed by atoms with Gasteiger partial charge in [0.25, 0.3) is 0 Å². The van der Waals surface area contributed by atoms with E-state index in [1.54, 1.807) is 4.68 Å². The van der Waals surface area contributed by atoms with Crippen molar-refractivity contribution in [2.75, 3.05) is 6.61 Å². The van der Waals surface area contributed by atoms with Crippen molar-refractivity contribution in [1.82, 2.24) is 9.78 Å². The third-order valence-corrected chi connectivity index (χ3v) is 3.48. The predicted molar refractivity (Wildman–Crippen MR) is 63.3 cm³/mol. The molecule has 0 saturated heterocycles. The van der Waals surface area contributed by atoms with E-state index in [9.17, 15) is 0 Å². The average molecular weight is 223 g/mol. The lowest BCUT2D eigenvalue weighted by molar-refractivity contribution is 0.210. The minimum absolute atomic E-state index is 0.498. The van der Waals surface area contributed by atoms with Crippen molar-refractivity contribution in [3.63, 3.8) is 0 Å². The molecule has 1 aromatic rings. The molecule has 1 aromatic heterocycles. The van der Waals surface area contributed by atoms with Crippen LogP contribution in [0.5, 0.6) is 5.88 Å². The second-order valence-corrected chi connectivity index (χ2v) is 4.63. The summed E-state index contributed by atoms with van der Waals surface area (Å²) in [5.74, 6) is 1.73. The van der Waals surface area contributed by atoms with Crippen LogP contribution in [0.4, 0.5) is 0 Å². The SMILES string of the molecule is Cc1nn(C)c(OCCC2CCC2)c1CN. The molecule has 4 heteroatoms. The molecule has 0 bridgehead atoms. The maximum absolute atomic E-state index is 5.81. The summed E-state index contributed by atoms with van der Waals surface area (Å²) in [6.45, 7) is 3.26. The van der Waals surface area contributed by atoms with Gasteiger partial charge in [-0.15, -0.1) is 0 Å². The van der Waals surface area contributed by atoms with E-state index < -0.39 is 0 Å². The van der Waals surface area contributed by atoms with Gasteiger partial charge in [0, 0.05) is 13.6 Å². The van der Waals surface area contributed by atoms with Crippen LogP contribution in [0.2, 0.25) is 0 Å². The molecule has 1 heterocycles. The minimum atomic E-state index is 0.498. The Morgan fingerprint density at radius 2 is 2.25 bits per heavy atom. The lowest BCUT2D eigenvalue weighted by atomic mass is 9.83. The number of nitrogens with two attached hydrogens (primary N) is 1. The Bertz CT molecular complexity index is 355. The lowest BCUT2D eigenvalue weighted by Gasteiger charge is -2.25. The number of aryl methyl sites for hydroxylation is 2. The number of hydrogen-bond acceptors (Lipinski definition) is 3. The van der Waals surface area contributed by atoms with Crippen molar-refractivity contribution < 1.29 is 4.74 Å². The summed E-state index contributed by atoms with van der Waals surface area (Å²) in [6, 6.07) is 0. The first-order valence-corrected chi connectivity index (χ1v) is 6.07. The van der Waals surface area contributed by atoms with Crippen LogP contribution >= 0.6 is 0 Å². The standard InChI is InChI=1S/C12H21N3O/c1-9-11(8-13)12(15(2)14-9)16-7-6-10-4-3-5-10/h10H,3-8,13H2,1-2H3. The van der Waals surface area contributed by atoms with Crippen LogP contribution in [-0.4, -0.2) is 16.4 Å². The van der Waals surface area contributed by atoms with Gasteiger partial charge in [0.05, 0.1) is 17.9 Å². The quantitative estimate of drug-likeness (QED) is 0.827. The van der Waals surface area contributed by atoms with Gasteiger partial charge in [-0.25, -0.2) is 4.68 Å². The molecule has 2 rings (SSSR count). The van der Waals surface area contributed by atoms with Crippen LogP contribution < -0.4 is 10.5 Å². The Morgan fingerprint density at radius 1 is 1.50 bits per heavy atom. The van der Waals surface area contributed by atoms with Gasteiger partial charge >= 0.3 is 0 Å². The summed E-state index contributed by atoms with van der Waals surface area (Å²) in [4.78, 5) is 0. The van der Waals surface area contributed by atoms with Crippen molar-refractivity contribution >= 4 is 0 Å². The van der Waals surface area contributed by atoms with Gasteiger partial charge in [0.15, 0.2) is 0 Å². The first-order chi connectivity index (χ1) is 7.72. The fourth-order valence-electron chi connectivity index (χ4n) is 2.20. The molecule has 1 saturated carbocycles. The van der Waals surface area contributed by atoms with Crippen molar-refractivity contribution in [3.05, 3.63) is 11.3 Å². The maximum atomic E-state index is 5.81. The number of ether oxygens (including phenoxy) is 1. The zero-order chi connectivity index (χ0) is 11.5. The second kappa shape index (κ2) is 4.87. The predicted octanol–water partition coefficient (Wildman–Crippen LogP) is 1.76. The fraction of sp³-hybridized carbons (Fsp3) is 0.750. The Labute approximate surface area is 96.8 Å². The van der Waals surface area contributed by atoms with E-state index in [4.69, 9.17) is 10.5 Å². The maximum Gasteiger partial charge on any atom is 0.216 e. The van der Waals surface area contributed by atoms with Gasteiger partial charge in [-0.3, -0.25) is 0 Å². The van der Waals surface area contributed by atoms with E-state index in [1.165, 1.54) is 19.3 Å². The Kier molecular flexibility index (Phi) is 3.49. The van der Waals surface area contributed by atoms with Gasteiger partial charge in [0.1, 0.15) is 0 Å². The molecule has 0 unspecified atom stereocenters. The van der Waals surface area contributed by atoms with Crippen molar-refractivity contribution in [2.24, 2.45) is 18.7 Å². The van der Waals surface area contributed by atoms with Crippen LogP contribution in [0, 0.1) is 12.8 Å². The van der Waals surface area contributed by atoms with Gasteiger partial charge < -0.3 is 10.5 Å². The highest BCUT2D eigenvalue weighted by Gasteiger charge is 2.18. The average Bonchev–Trinajstić information content (AvgIpc) is 2.45. The van der Waals surface area contributed by atoms with Gasteiger partial charge in [-0.2, -0.15) is 5.10 Å². The minimum Gasteiger partial charge on any atom is -0.478 e. The molecule has 2 N–H and O–H groups in total. The zero-order valence-corrected chi connectivity index (χ0v) is 10.2. The number of rotatable bonds is 5. The van der Waals surface area contributed by atoms with Crippen LogP contribution in [-0.2, 0) is 13.6 Å². The first-order valence-electron chi connectivity index (χ1n) is 6.07. The van der Waals surface area contributed by atoms with Crippen LogP contribution in [0.15, 0.2) is 0 Å². The summed E-state index contributed by atoms with van der Waals surface area (Å²) in [5, 5.41) is 4.33. The van der Waals surface area contributed by atoms with Gasteiger partial charge in [0.2, 0.25) is 5.88 Å². The molecule has 1 fully saturated rings. The van der Waals surface area contributed by atoms with E-state index in [2.05, 4.69) is 5.10 Å². The largest absolute Gasteiger partial charge is 0.478 e. The Morgan fingerprint density at radius 3 is 2.81 bits per heavy atom. The van der Waals surface area contributed by atoms with Gasteiger partial charge in [-0.1, -0.05) is 19.3 Å². The summed E-state index contributed by atoms with van der Waals surface area (Å²) in [5.41, 5.74) is 7.71. The molecule has 0 radical (unpaired) electrons. The van der Waals surface area contributed by atoms with Crippen molar-refractivity contribution in [1.29, 1.82) is 0 Å². The third-order valence-electron chi connectivity index (χ3n) is 3.48. The van der Waals surface area contributed by atoms with Crippen molar-refractivity contribution in [2.45, 2.75) is 39.2 Å². The molecule has 1 aliphatic rings. The van der Waals surface area contributed by atoms with E-state index in [0.29, 0.717) is 6.54 Å². The van der Waals surface area contributed by atoms with E-state index >= 15 is 0 Å². The van der Waals surface area contributed by atoms with Crippen LogP contribution in [0.25, 0.3) is 0 Å². The summed E-state index contributed by atoms with van der Waals surface area (Å²) in [6.07, 6.45) is 5.30. The molecular formula is C12H21N3O. The second-order valence-electron chi connectivity index (χ2n) is 4.63. The smallest absolute Gasteiger partial charge is 0.216 e. The molecule has 16 heavy (non-hydrogen) atoms. The monoisotopic (exact) mass is 223 g/mol. The molecule has 90 valence electrons. The molecule has 0 aliphatic heterocycles. The van der Waals surface area contributed by atoms with E-state index in [0.717, 1.165) is 36.1 Å². The van der Waals surface area contributed by atoms with E-state index in [1.807, 2.05) is 14.0 Å². The summed E-state index contributed by atoms with van der Waals surface area (Å²) >= 11 is 0. The van der Waals surface area contributed by atoms with Crippen molar-refractivity contribution in [3.8, 4) is 5.88 Å².